The minimum Gasteiger partial charge on any atom is -0.494 e. The van der Waals surface area contributed by atoms with Crippen molar-refractivity contribution in [3.63, 3.8) is 0 Å². The van der Waals surface area contributed by atoms with E-state index in [1.54, 1.807) is 24.5 Å². The predicted octanol–water partition coefficient (Wildman–Crippen LogP) is 3.78. The number of aromatic nitrogens is 1. The number of nitrogens with one attached hydrogen (secondary N) is 1. The third-order valence-electron chi connectivity index (χ3n) is 2.74. The van der Waals surface area contributed by atoms with Crippen molar-refractivity contribution in [2.45, 2.75) is 26.2 Å². The summed E-state index contributed by atoms with van der Waals surface area (Å²) in [4.78, 5) is 4.60. The van der Waals surface area contributed by atoms with Crippen LogP contribution in [0.2, 0.25) is 0 Å². The molecule has 0 saturated heterocycles. The van der Waals surface area contributed by atoms with E-state index in [1.165, 1.54) is 0 Å². The topological polar surface area (TPSA) is 60.2 Å². The van der Waals surface area contributed by atoms with E-state index in [2.05, 4.69) is 36.5 Å². The highest BCUT2D eigenvalue weighted by molar-refractivity contribution is 7.13. The van der Waals surface area contributed by atoms with Crippen LogP contribution in [0.5, 0.6) is 5.75 Å². The molecule has 102 valence electrons. The molecule has 1 heterocycles. The first-order valence-electron chi connectivity index (χ1n) is 6.06. The number of hydrogen-bond acceptors (Lipinski definition) is 5. The minimum atomic E-state index is 0.0572. The van der Waals surface area contributed by atoms with Crippen LogP contribution in [0.25, 0.3) is 0 Å². The number of nitrogens with zero attached hydrogens (tertiary/aromatic N) is 1. The fourth-order valence-corrected chi connectivity index (χ4v) is 2.55. The van der Waals surface area contributed by atoms with Crippen LogP contribution in [-0.2, 0) is 5.41 Å². The van der Waals surface area contributed by atoms with Gasteiger partial charge < -0.3 is 15.8 Å². The Morgan fingerprint density at radius 3 is 2.63 bits per heavy atom. The van der Waals surface area contributed by atoms with E-state index >= 15 is 0 Å². The molecule has 0 atom stereocenters. The van der Waals surface area contributed by atoms with Gasteiger partial charge in [0.15, 0.2) is 5.13 Å². The molecule has 0 fully saturated rings. The van der Waals surface area contributed by atoms with Crippen molar-refractivity contribution in [3.05, 3.63) is 29.3 Å². The largest absolute Gasteiger partial charge is 0.494 e. The number of nitrogens with two attached hydrogens (primary N) is 1. The monoisotopic (exact) mass is 277 g/mol. The molecule has 0 radical (unpaired) electrons. The molecule has 4 nitrogen and oxygen atoms in total. The summed E-state index contributed by atoms with van der Waals surface area (Å²) in [6.45, 7) is 6.45. The molecule has 0 aliphatic carbocycles. The normalized spacial score (nSPS) is 11.4. The second kappa shape index (κ2) is 5.09. The van der Waals surface area contributed by atoms with Crippen LogP contribution in [0.4, 0.5) is 16.5 Å². The lowest BCUT2D eigenvalue weighted by Gasteiger charge is -2.14. The lowest BCUT2D eigenvalue weighted by atomic mass is 9.93. The number of methoxy groups -OCH3 is 1. The van der Waals surface area contributed by atoms with Gasteiger partial charge >= 0.3 is 0 Å². The van der Waals surface area contributed by atoms with Crippen molar-refractivity contribution >= 4 is 27.8 Å². The van der Waals surface area contributed by atoms with Gasteiger partial charge in [-0.1, -0.05) is 20.8 Å². The van der Waals surface area contributed by atoms with Crippen molar-refractivity contribution < 1.29 is 4.74 Å². The lowest BCUT2D eigenvalue weighted by Crippen LogP contribution is -2.11. The van der Waals surface area contributed by atoms with E-state index < -0.39 is 0 Å². The zero-order valence-electron chi connectivity index (χ0n) is 11.7. The molecule has 0 unspecified atom stereocenters. The third kappa shape index (κ3) is 3.17. The van der Waals surface area contributed by atoms with Crippen LogP contribution in [0.3, 0.4) is 0 Å². The van der Waals surface area contributed by atoms with Crippen molar-refractivity contribution in [2.75, 3.05) is 18.2 Å². The number of benzene rings is 1. The Hall–Kier alpha value is -1.75. The van der Waals surface area contributed by atoms with E-state index in [0.717, 1.165) is 16.5 Å². The van der Waals surface area contributed by atoms with Gasteiger partial charge in [0.05, 0.1) is 18.5 Å². The van der Waals surface area contributed by atoms with Gasteiger partial charge in [-0.3, -0.25) is 0 Å². The lowest BCUT2D eigenvalue weighted by molar-refractivity contribution is 0.417. The minimum absolute atomic E-state index is 0.0572. The highest BCUT2D eigenvalue weighted by Gasteiger charge is 2.17. The van der Waals surface area contributed by atoms with Gasteiger partial charge in [-0.2, -0.15) is 0 Å². The molecular weight excluding hydrogens is 258 g/mol. The highest BCUT2D eigenvalue weighted by atomic mass is 32.1. The summed E-state index contributed by atoms with van der Waals surface area (Å²) in [5.41, 5.74) is 8.42. The van der Waals surface area contributed by atoms with E-state index in [9.17, 15) is 0 Å². The SMILES string of the molecule is COc1cc(N)ccc1Nc1nc(C(C)(C)C)cs1. The summed E-state index contributed by atoms with van der Waals surface area (Å²) in [6, 6.07) is 5.52. The molecule has 1 aromatic carbocycles. The molecule has 0 spiro atoms. The number of thiazole rings is 1. The molecule has 0 aliphatic rings. The zero-order valence-corrected chi connectivity index (χ0v) is 12.5. The maximum absolute atomic E-state index is 5.74. The second-order valence-corrected chi connectivity index (χ2v) is 6.23. The second-order valence-electron chi connectivity index (χ2n) is 5.37. The van der Waals surface area contributed by atoms with Crippen molar-refractivity contribution in [1.82, 2.24) is 4.98 Å². The molecule has 0 saturated carbocycles. The zero-order chi connectivity index (χ0) is 14.0. The van der Waals surface area contributed by atoms with E-state index in [-0.39, 0.29) is 5.41 Å². The van der Waals surface area contributed by atoms with E-state index in [1.807, 2.05) is 12.1 Å². The van der Waals surface area contributed by atoms with Crippen molar-refractivity contribution in [3.8, 4) is 5.75 Å². The molecule has 3 N–H and O–H groups in total. The van der Waals surface area contributed by atoms with Gasteiger partial charge in [0.25, 0.3) is 0 Å². The van der Waals surface area contributed by atoms with Gasteiger partial charge in [0.2, 0.25) is 0 Å². The fraction of sp³-hybridized carbons (Fsp3) is 0.357. The first-order valence-corrected chi connectivity index (χ1v) is 6.94. The Labute approximate surface area is 117 Å². The first-order chi connectivity index (χ1) is 8.90. The average molecular weight is 277 g/mol. The van der Waals surface area contributed by atoms with Gasteiger partial charge in [-0.15, -0.1) is 11.3 Å². The summed E-state index contributed by atoms with van der Waals surface area (Å²) < 4.78 is 5.31. The molecular formula is C14H19N3OS. The van der Waals surface area contributed by atoms with Crippen LogP contribution in [0.15, 0.2) is 23.6 Å². The Morgan fingerprint density at radius 2 is 2.05 bits per heavy atom. The Bertz CT molecular complexity index is 572. The van der Waals surface area contributed by atoms with Crippen LogP contribution in [-0.4, -0.2) is 12.1 Å². The summed E-state index contributed by atoms with van der Waals surface area (Å²) in [7, 11) is 1.63. The fourth-order valence-electron chi connectivity index (χ4n) is 1.60. The summed E-state index contributed by atoms with van der Waals surface area (Å²) in [6.07, 6.45) is 0. The summed E-state index contributed by atoms with van der Waals surface area (Å²) in [5, 5.41) is 6.20. The molecule has 19 heavy (non-hydrogen) atoms. The van der Waals surface area contributed by atoms with Gasteiger partial charge in [0, 0.05) is 22.5 Å². The van der Waals surface area contributed by atoms with Crippen LogP contribution in [0.1, 0.15) is 26.5 Å². The average Bonchev–Trinajstić information content (AvgIpc) is 2.79. The number of nitrogen functional groups attached to an aromatic ring is 1. The first kappa shape index (κ1) is 13.7. The summed E-state index contributed by atoms with van der Waals surface area (Å²) in [5.74, 6) is 0.715. The van der Waals surface area contributed by atoms with Crippen molar-refractivity contribution in [1.29, 1.82) is 0 Å². The molecule has 0 aliphatic heterocycles. The maximum Gasteiger partial charge on any atom is 0.187 e. The molecule has 1 aromatic heterocycles. The number of rotatable bonds is 3. The van der Waals surface area contributed by atoms with Crippen LogP contribution < -0.4 is 15.8 Å². The Balaban J connectivity index is 2.24. The van der Waals surface area contributed by atoms with Gasteiger partial charge in [-0.05, 0) is 12.1 Å². The van der Waals surface area contributed by atoms with Crippen molar-refractivity contribution in [2.24, 2.45) is 0 Å². The number of hydrogen-bond donors (Lipinski definition) is 2. The molecule has 2 rings (SSSR count). The summed E-state index contributed by atoms with van der Waals surface area (Å²) >= 11 is 1.59. The molecule has 0 amide bonds. The van der Waals surface area contributed by atoms with E-state index in [0.29, 0.717) is 11.4 Å². The van der Waals surface area contributed by atoms with Crippen LogP contribution in [0, 0.1) is 0 Å². The third-order valence-corrected chi connectivity index (χ3v) is 3.50. The number of ether oxygens (including phenoxy) is 1. The molecule has 5 heteroatoms. The predicted molar refractivity (Wildman–Crippen MR) is 81.5 cm³/mol. The van der Waals surface area contributed by atoms with Gasteiger partial charge in [0.1, 0.15) is 5.75 Å². The Morgan fingerprint density at radius 1 is 1.32 bits per heavy atom. The smallest absolute Gasteiger partial charge is 0.187 e. The maximum atomic E-state index is 5.74. The molecule has 2 aromatic rings. The number of anilines is 3. The van der Waals surface area contributed by atoms with Crippen LogP contribution >= 0.6 is 11.3 Å². The quantitative estimate of drug-likeness (QED) is 0.838. The van der Waals surface area contributed by atoms with Gasteiger partial charge in [-0.25, -0.2) is 4.98 Å². The Kier molecular flexibility index (Phi) is 3.66. The molecule has 0 bridgehead atoms. The van der Waals surface area contributed by atoms with E-state index in [4.69, 9.17) is 10.5 Å². The standard InChI is InChI=1S/C14H19N3OS/c1-14(2,3)12-8-19-13(17-12)16-10-6-5-9(15)7-11(10)18-4/h5-8H,15H2,1-4H3,(H,16,17). The highest BCUT2D eigenvalue weighted by Crippen LogP contribution is 2.32.